The molecule has 0 saturated carbocycles. The van der Waals surface area contributed by atoms with E-state index in [0.717, 1.165) is 34.1 Å². The van der Waals surface area contributed by atoms with E-state index in [9.17, 15) is 76.8 Å². The molecule has 4 saturated heterocycles. The Morgan fingerprint density at radius 2 is 0.833 bits per heavy atom. The SMILES string of the molecule is CC[C@H]1O[C@@H](n2cc(CBr)c(=O)n(C(=O)OC(C)(C)C)c2=O)CC1O[Si](C)(C)C(C)(C)C.CC[C@H]1O[C@@H](n2cc(COC/C=C/c3ccccc3)c(=O)[nH]c2=O)CC1O[Si](C)(C)C(C)(C)C.O=c1[nH]c(=O)n([C@H]2CC(O)[C@@H](CO)O2)cc1COC/C=C/c1ccccc1.O=c1[nH]c(=O)n([C@H]2CC(O)[C@@H](COP(=O)(O)OP(=O)(O)OP(=O)(O)O)O2)cc1COC/C=C/c1ccccc1. The summed E-state index contributed by atoms with van der Waals surface area (Å²) in [6, 6.07) is 29.1. The lowest BCUT2D eigenvalue weighted by atomic mass is 10.1. The monoisotopic (exact) mass is 2010 g/mol. The van der Waals surface area contributed by atoms with Gasteiger partial charge in [0.15, 0.2) is 16.6 Å². The van der Waals surface area contributed by atoms with Gasteiger partial charge >= 0.3 is 52.3 Å². The van der Waals surface area contributed by atoms with Gasteiger partial charge in [-0.25, -0.2) is 37.7 Å². The topological polar surface area (TPSA) is 538 Å². The zero-order valence-corrected chi connectivity index (χ0v) is 82.5. The Morgan fingerprint density at radius 3 is 1.17 bits per heavy atom. The van der Waals surface area contributed by atoms with Crippen molar-refractivity contribution >= 4 is 80.4 Å². The Kier molecular flexibility index (Phi) is 39.8. The molecule has 4 aliphatic rings. The van der Waals surface area contributed by atoms with Crippen LogP contribution >= 0.6 is 39.4 Å². The maximum atomic E-state index is 13.2. The minimum Gasteiger partial charge on any atom is -0.443 e. The summed E-state index contributed by atoms with van der Waals surface area (Å²) in [5.74, 6) is 0. The number of aliphatic hydroxyl groups is 3. The van der Waals surface area contributed by atoms with Crippen LogP contribution < -0.4 is 45.0 Å². The van der Waals surface area contributed by atoms with Crippen molar-refractivity contribution in [3.8, 4) is 0 Å². The number of carbonyl (C=O) groups is 1. The number of hydrogen-bond acceptors (Lipinski definition) is 28. The molecule has 132 heavy (non-hydrogen) atoms. The van der Waals surface area contributed by atoms with Crippen LogP contribution in [0.25, 0.3) is 18.2 Å². The number of carbonyl (C=O) groups excluding carboxylic acids is 1. The fraction of sp³-hybridized carbons (Fsp3) is 0.523. The Bertz CT molecular complexity index is 5740. The number of rotatable bonds is 34. The first-order valence-electron chi connectivity index (χ1n) is 42.6. The third-order valence-corrected chi connectivity index (χ3v) is 35.5. The molecule has 46 heteroatoms. The minimum atomic E-state index is -5.72. The van der Waals surface area contributed by atoms with Crippen molar-refractivity contribution in [3.63, 3.8) is 0 Å². The lowest BCUT2D eigenvalue weighted by molar-refractivity contribution is -0.0461. The molecule has 10 N–H and O–H groups in total. The van der Waals surface area contributed by atoms with Crippen LogP contribution in [-0.2, 0) is 98.7 Å². The van der Waals surface area contributed by atoms with E-state index in [-0.39, 0.29) is 102 Å². The van der Waals surface area contributed by atoms with Crippen LogP contribution in [-0.4, -0.2) is 183 Å². The predicted molar refractivity (Wildman–Crippen MR) is 496 cm³/mol. The van der Waals surface area contributed by atoms with Crippen molar-refractivity contribution in [1.82, 2.24) is 37.8 Å². The number of hydrogen-bond donors (Lipinski definition) is 10. The second-order valence-electron chi connectivity index (χ2n) is 35.4. The molecule has 40 nitrogen and oxygen atoms in total. The normalized spacial score (nSPS) is 22.3. The molecule has 7 aromatic rings. The van der Waals surface area contributed by atoms with E-state index in [1.807, 2.05) is 128 Å². The summed E-state index contributed by atoms with van der Waals surface area (Å²) in [7, 11) is -20.8. The van der Waals surface area contributed by atoms with Gasteiger partial charge < -0.3 is 81.6 Å². The molecule has 14 atom stereocenters. The van der Waals surface area contributed by atoms with Crippen LogP contribution in [0.4, 0.5) is 4.79 Å². The smallest absolute Gasteiger partial charge is 0.443 e. The number of alkyl halides is 1. The van der Waals surface area contributed by atoms with Gasteiger partial charge in [-0.3, -0.25) is 56.9 Å². The first kappa shape index (κ1) is 109. The molecule has 0 aliphatic carbocycles. The number of benzene rings is 3. The van der Waals surface area contributed by atoms with Crippen LogP contribution in [0.3, 0.4) is 0 Å². The highest BCUT2D eigenvalue weighted by molar-refractivity contribution is 9.08. The molecule has 8 heterocycles. The number of aliphatic hydroxyl groups excluding tert-OH is 3. The van der Waals surface area contributed by atoms with Gasteiger partial charge in [0.25, 0.3) is 22.2 Å². The third kappa shape index (κ3) is 32.3. The van der Waals surface area contributed by atoms with Crippen molar-refractivity contribution in [3.05, 3.63) is 256 Å². The molecule has 0 radical (unpaired) electrons. The van der Waals surface area contributed by atoms with Crippen molar-refractivity contribution in [2.75, 3.05) is 33.0 Å². The average Bonchev–Trinajstić information content (AvgIpc) is 1.30. The van der Waals surface area contributed by atoms with Crippen molar-refractivity contribution in [2.24, 2.45) is 0 Å². The summed E-state index contributed by atoms with van der Waals surface area (Å²) in [6.07, 6.45) is 10.3. The largest absolute Gasteiger partial charge is 0.490 e. The molecule has 3 aromatic carbocycles. The van der Waals surface area contributed by atoms with Crippen LogP contribution in [0.2, 0.25) is 36.3 Å². The van der Waals surface area contributed by atoms with Gasteiger partial charge in [0, 0.05) is 61.4 Å². The number of phosphoric acid groups is 3. The Balaban J connectivity index is 0.000000218. The van der Waals surface area contributed by atoms with Crippen LogP contribution in [0.15, 0.2) is 172 Å². The van der Waals surface area contributed by atoms with Gasteiger partial charge in [0.1, 0.15) is 42.7 Å². The van der Waals surface area contributed by atoms with E-state index in [1.165, 1.54) is 32.3 Å². The number of H-pyrrole nitrogens is 3. The van der Waals surface area contributed by atoms with E-state index >= 15 is 0 Å². The zero-order chi connectivity index (χ0) is 97.7. The highest BCUT2D eigenvalue weighted by atomic mass is 79.9. The first-order chi connectivity index (χ1) is 61.8. The van der Waals surface area contributed by atoms with E-state index in [4.69, 9.17) is 61.6 Å². The molecule has 0 amide bonds. The van der Waals surface area contributed by atoms with Crippen LogP contribution in [0.5, 0.6) is 0 Å². The van der Waals surface area contributed by atoms with Gasteiger partial charge in [0.05, 0.1) is 106 Å². The number of phosphoric ester groups is 1. The maximum absolute atomic E-state index is 13.2. The number of nitrogens with one attached hydrogen (secondary N) is 3. The highest BCUT2D eigenvalue weighted by Gasteiger charge is 2.48. The van der Waals surface area contributed by atoms with Crippen molar-refractivity contribution in [2.45, 2.75) is 255 Å². The van der Waals surface area contributed by atoms with E-state index < -0.39 is 153 Å². The molecular weight excluding hydrogens is 1890 g/mol. The number of nitrogens with zero attached hydrogens (tertiary/aromatic N) is 5. The molecule has 728 valence electrons. The third-order valence-electron chi connectivity index (χ3n) is 22.1. The molecule has 0 bridgehead atoms. The summed E-state index contributed by atoms with van der Waals surface area (Å²) in [6.45, 7) is 30.6. The molecule has 11 rings (SSSR count). The fourth-order valence-electron chi connectivity index (χ4n) is 13.3. The van der Waals surface area contributed by atoms with Crippen LogP contribution in [0, 0.1) is 0 Å². The number of aromatic nitrogens is 8. The summed E-state index contributed by atoms with van der Waals surface area (Å²) in [5, 5.41) is 29.5. The molecule has 0 spiro atoms. The number of ether oxygens (including phenoxy) is 8. The molecule has 4 aromatic heterocycles. The summed E-state index contributed by atoms with van der Waals surface area (Å²) in [4.78, 5) is 155. The van der Waals surface area contributed by atoms with E-state index in [2.05, 4.69) is 119 Å². The van der Waals surface area contributed by atoms with E-state index in [1.54, 1.807) is 33.0 Å². The molecule has 6 unspecified atom stereocenters. The summed E-state index contributed by atoms with van der Waals surface area (Å²) >= 11 is 3.28. The molecule has 4 fully saturated rings. The van der Waals surface area contributed by atoms with Crippen LogP contribution in [0.1, 0.15) is 179 Å². The fourth-order valence-corrected chi connectivity index (χ4v) is 19.4. The lowest BCUT2D eigenvalue weighted by Gasteiger charge is -2.39. The van der Waals surface area contributed by atoms with Gasteiger partial charge in [-0.1, -0.05) is 199 Å². The number of halogens is 1. The van der Waals surface area contributed by atoms with Gasteiger partial charge in [0.2, 0.25) is 0 Å². The minimum absolute atomic E-state index is 0.0213. The van der Waals surface area contributed by atoms with Crippen molar-refractivity contribution in [1.29, 1.82) is 0 Å². The maximum Gasteiger partial charge on any atom is 0.490 e. The molecule has 4 aliphatic heterocycles. The van der Waals surface area contributed by atoms with Gasteiger partial charge in [-0.15, -0.1) is 0 Å². The highest BCUT2D eigenvalue weighted by Crippen LogP contribution is 2.66. The molecular formula is C86H122BrN8O32P3Si2. The number of aromatic amines is 3. The zero-order valence-electron chi connectivity index (χ0n) is 76.3. The van der Waals surface area contributed by atoms with Crippen molar-refractivity contribution < 1.29 is 113 Å². The predicted octanol–water partition coefficient (Wildman–Crippen LogP) is 10.8. The first-order valence-corrected chi connectivity index (χ1v) is 54.0. The van der Waals surface area contributed by atoms with E-state index in [0.29, 0.717) is 36.2 Å². The Morgan fingerprint density at radius 1 is 0.492 bits per heavy atom. The standard InChI is InChI=1S/C26H38N2O5Si.C22H37BrN2O6Si.C19H25N2O15P3.C19H22N2O6/c1-7-21-22(33-34(5,6)26(2,3)4)16-23(32-21)28-17-20(24(29)27-25(28)30)18-31-15-11-14-19-12-9-8-10-13-19;1-10-15-16(31-32(8,9)22(5,6)7)11-17(29-15)24-13-14(12-23)18(26)25(19(24)27)20(28)30-21(2,3)4;22-15-9-17(34-16(15)12-33-38(28,29)36-39(30,31)35-37(25,26)27)21-10-14(18(23)20-19(21)24)11-32-8-4-7-13-5-2-1-3-6-13;22-11-16-15(23)9-17(27-16)21-10-14(18(24)20-19(21)25)12-26-8-4-7-13-5-2-1-3-6-13/h8-14,17,21-23H,7,15-16,18H2,1-6H3,(H,27,29,30);13,15-17H,10-12H2,1-9H3;1-7,10,15-17,22H,8-9,11-12H2,(H,28,29)(H,30,31)(H,20,23,24)(H2,25,26,27);1-7,10,15-17,22-23H,8-9,11-12H2,(H,20,24,25)/b14-11+;;2*7-4+/t21-,22?,23-;15-,16?,17-;2*15?,16-,17-/m1111/s1. The lowest BCUT2D eigenvalue weighted by Crippen LogP contribution is -2.47. The van der Waals surface area contributed by atoms with Gasteiger partial charge in [-0.2, -0.15) is 13.2 Å². The Hall–Kier alpha value is -8.09. The second-order valence-corrected chi connectivity index (χ2v) is 49.9. The Labute approximate surface area is 771 Å². The van der Waals surface area contributed by atoms with Gasteiger partial charge in [-0.05, 0) is 86.6 Å². The summed E-state index contributed by atoms with van der Waals surface area (Å²) in [5.41, 5.74) is -1.92. The average molecular weight is 2010 g/mol. The quantitative estimate of drug-likeness (QED) is 0.00775. The summed E-state index contributed by atoms with van der Waals surface area (Å²) < 4.78 is 110. The second kappa shape index (κ2) is 48.1.